The molecule has 0 saturated carbocycles. The maximum atomic E-state index is 11.9. The fourth-order valence-corrected chi connectivity index (χ4v) is 1.37. The normalized spacial score (nSPS) is 13.4. The quantitative estimate of drug-likeness (QED) is 0.801. The largest absolute Gasteiger partial charge is 0.492 e. The molecule has 102 valence electrons. The van der Waals surface area contributed by atoms with Crippen molar-refractivity contribution in [2.45, 2.75) is 38.4 Å². The summed E-state index contributed by atoms with van der Waals surface area (Å²) in [5.41, 5.74) is 6.54. The summed E-state index contributed by atoms with van der Waals surface area (Å²) in [5.74, 6) is 0.462. The molecule has 0 aliphatic carbocycles. The molecule has 0 bridgehead atoms. The first-order valence-corrected chi connectivity index (χ1v) is 5.83. The molecule has 1 aromatic heterocycles. The lowest BCUT2D eigenvalue weighted by molar-refractivity contribution is -0.136. The van der Waals surface area contributed by atoms with E-state index in [0.29, 0.717) is 5.75 Å². The van der Waals surface area contributed by atoms with Gasteiger partial charge in [0.15, 0.2) is 0 Å². The zero-order chi connectivity index (χ0) is 13.6. The van der Waals surface area contributed by atoms with Crippen molar-refractivity contribution in [2.24, 2.45) is 5.73 Å². The molecule has 3 nitrogen and oxygen atoms in total. The minimum absolute atomic E-state index is 0.0281. The smallest absolute Gasteiger partial charge is 0.389 e. The Hall–Kier alpha value is -1.30. The number of rotatable bonds is 6. The highest BCUT2D eigenvalue weighted by Crippen LogP contribution is 2.21. The molecule has 0 fully saturated rings. The van der Waals surface area contributed by atoms with E-state index in [1.165, 1.54) is 6.20 Å². The minimum atomic E-state index is -4.13. The molecule has 0 unspecified atom stereocenters. The molecule has 1 aromatic rings. The van der Waals surface area contributed by atoms with Gasteiger partial charge in [0.2, 0.25) is 0 Å². The van der Waals surface area contributed by atoms with Crippen LogP contribution in [0.1, 0.15) is 37.9 Å². The summed E-state index contributed by atoms with van der Waals surface area (Å²) < 4.78 is 40.8. The standard InChI is InChI=1S/C12H17F3N2O/c1-2-10(16)11-5-4-9(8-17-11)18-7-3-6-12(13,14)15/h4-5,8,10H,2-3,6-7,16H2,1H3/t10-/m0/s1. The van der Waals surface area contributed by atoms with E-state index in [9.17, 15) is 13.2 Å². The molecular formula is C12H17F3N2O. The van der Waals surface area contributed by atoms with Crippen LogP contribution in [0.15, 0.2) is 18.3 Å². The van der Waals surface area contributed by atoms with Crippen LogP contribution >= 0.6 is 0 Å². The van der Waals surface area contributed by atoms with E-state index in [4.69, 9.17) is 10.5 Å². The van der Waals surface area contributed by atoms with Gasteiger partial charge in [-0.25, -0.2) is 0 Å². The van der Waals surface area contributed by atoms with Gasteiger partial charge in [0.25, 0.3) is 0 Å². The molecule has 1 atom stereocenters. The van der Waals surface area contributed by atoms with E-state index < -0.39 is 12.6 Å². The average molecular weight is 262 g/mol. The summed E-state index contributed by atoms with van der Waals surface area (Å²) in [6.45, 7) is 1.98. The van der Waals surface area contributed by atoms with Crippen LogP contribution in [0, 0.1) is 0 Å². The second-order valence-electron chi connectivity index (χ2n) is 4.00. The SMILES string of the molecule is CC[C@H](N)c1ccc(OCCCC(F)(F)F)cn1. The molecule has 0 amide bonds. The maximum absolute atomic E-state index is 11.9. The molecule has 1 rings (SSSR count). The first-order valence-electron chi connectivity index (χ1n) is 5.83. The van der Waals surface area contributed by atoms with Crippen molar-refractivity contribution < 1.29 is 17.9 Å². The van der Waals surface area contributed by atoms with Crippen molar-refractivity contribution in [3.8, 4) is 5.75 Å². The van der Waals surface area contributed by atoms with E-state index in [0.717, 1.165) is 12.1 Å². The van der Waals surface area contributed by atoms with Crippen LogP contribution in [0.4, 0.5) is 13.2 Å². The lowest BCUT2D eigenvalue weighted by Crippen LogP contribution is -2.11. The van der Waals surface area contributed by atoms with Crippen LogP contribution in [0.25, 0.3) is 0 Å². The summed E-state index contributed by atoms with van der Waals surface area (Å²) in [5, 5.41) is 0. The predicted molar refractivity (Wildman–Crippen MR) is 62.2 cm³/mol. The van der Waals surface area contributed by atoms with Crippen LogP contribution in [0.5, 0.6) is 5.75 Å². The molecule has 1 heterocycles. The van der Waals surface area contributed by atoms with Gasteiger partial charge in [0.05, 0.1) is 18.5 Å². The van der Waals surface area contributed by atoms with Gasteiger partial charge < -0.3 is 10.5 Å². The Kier molecular flexibility index (Phi) is 5.40. The van der Waals surface area contributed by atoms with Gasteiger partial charge in [-0.2, -0.15) is 13.2 Å². The Morgan fingerprint density at radius 1 is 1.39 bits per heavy atom. The molecule has 0 saturated heterocycles. The second-order valence-corrected chi connectivity index (χ2v) is 4.00. The molecule has 18 heavy (non-hydrogen) atoms. The Labute approximate surface area is 104 Å². The van der Waals surface area contributed by atoms with Crippen LogP contribution in [0.2, 0.25) is 0 Å². The zero-order valence-corrected chi connectivity index (χ0v) is 10.2. The average Bonchev–Trinajstić information content (AvgIpc) is 2.33. The number of pyridine rings is 1. The van der Waals surface area contributed by atoms with E-state index in [-0.39, 0.29) is 19.1 Å². The van der Waals surface area contributed by atoms with E-state index in [2.05, 4.69) is 4.98 Å². The van der Waals surface area contributed by atoms with Crippen molar-refractivity contribution in [2.75, 3.05) is 6.61 Å². The number of aromatic nitrogens is 1. The van der Waals surface area contributed by atoms with Gasteiger partial charge in [0.1, 0.15) is 5.75 Å². The third-order valence-corrected chi connectivity index (χ3v) is 2.45. The van der Waals surface area contributed by atoms with E-state index in [1.54, 1.807) is 12.1 Å². The topological polar surface area (TPSA) is 48.1 Å². The highest BCUT2D eigenvalue weighted by Gasteiger charge is 2.26. The Balaban J connectivity index is 2.35. The van der Waals surface area contributed by atoms with Gasteiger partial charge >= 0.3 is 6.18 Å². The van der Waals surface area contributed by atoms with Crippen LogP contribution in [-0.4, -0.2) is 17.8 Å². The third-order valence-electron chi connectivity index (χ3n) is 2.45. The van der Waals surface area contributed by atoms with Gasteiger partial charge in [-0.1, -0.05) is 6.92 Å². The van der Waals surface area contributed by atoms with Crippen LogP contribution < -0.4 is 10.5 Å². The summed E-state index contributed by atoms with van der Waals surface area (Å²) in [7, 11) is 0. The summed E-state index contributed by atoms with van der Waals surface area (Å²) in [6.07, 6.45) is -2.75. The lowest BCUT2D eigenvalue weighted by Gasteiger charge is -2.10. The summed E-state index contributed by atoms with van der Waals surface area (Å²) >= 11 is 0. The van der Waals surface area contributed by atoms with Crippen molar-refractivity contribution in [3.05, 3.63) is 24.0 Å². The summed E-state index contributed by atoms with van der Waals surface area (Å²) in [4.78, 5) is 4.10. The van der Waals surface area contributed by atoms with E-state index >= 15 is 0 Å². The molecule has 0 aliphatic heterocycles. The van der Waals surface area contributed by atoms with Gasteiger partial charge in [-0.05, 0) is 25.0 Å². The van der Waals surface area contributed by atoms with Crippen molar-refractivity contribution in [3.63, 3.8) is 0 Å². The molecule has 6 heteroatoms. The zero-order valence-electron chi connectivity index (χ0n) is 10.2. The van der Waals surface area contributed by atoms with Gasteiger partial charge in [-0.15, -0.1) is 0 Å². The Morgan fingerprint density at radius 3 is 2.61 bits per heavy atom. The summed E-state index contributed by atoms with van der Waals surface area (Å²) in [6, 6.07) is 3.28. The lowest BCUT2D eigenvalue weighted by atomic mass is 10.1. The van der Waals surface area contributed by atoms with Crippen molar-refractivity contribution in [1.82, 2.24) is 4.98 Å². The third kappa shape index (κ3) is 5.35. The van der Waals surface area contributed by atoms with Crippen molar-refractivity contribution >= 4 is 0 Å². The molecule has 2 N–H and O–H groups in total. The van der Waals surface area contributed by atoms with Crippen LogP contribution in [-0.2, 0) is 0 Å². The number of hydrogen-bond acceptors (Lipinski definition) is 3. The molecule has 0 spiro atoms. The number of nitrogens with zero attached hydrogens (tertiary/aromatic N) is 1. The van der Waals surface area contributed by atoms with Crippen molar-refractivity contribution in [1.29, 1.82) is 0 Å². The molecule has 0 aromatic carbocycles. The number of nitrogens with two attached hydrogens (primary N) is 1. The van der Waals surface area contributed by atoms with Crippen LogP contribution in [0.3, 0.4) is 0 Å². The number of alkyl halides is 3. The Morgan fingerprint density at radius 2 is 2.11 bits per heavy atom. The number of hydrogen-bond donors (Lipinski definition) is 1. The fraction of sp³-hybridized carbons (Fsp3) is 0.583. The fourth-order valence-electron chi connectivity index (χ4n) is 1.37. The van der Waals surface area contributed by atoms with Gasteiger partial charge in [-0.3, -0.25) is 4.98 Å². The minimum Gasteiger partial charge on any atom is -0.492 e. The number of ether oxygens (including phenoxy) is 1. The Bertz CT molecular complexity index is 351. The first-order chi connectivity index (χ1) is 8.42. The molecular weight excluding hydrogens is 245 g/mol. The highest BCUT2D eigenvalue weighted by atomic mass is 19.4. The molecule has 0 radical (unpaired) electrons. The first kappa shape index (κ1) is 14.8. The predicted octanol–water partition coefficient (Wildman–Crippen LogP) is 3.21. The molecule has 0 aliphatic rings. The second kappa shape index (κ2) is 6.58. The monoisotopic (exact) mass is 262 g/mol. The number of halogens is 3. The van der Waals surface area contributed by atoms with E-state index in [1.807, 2.05) is 6.92 Å². The maximum Gasteiger partial charge on any atom is 0.389 e. The van der Waals surface area contributed by atoms with Gasteiger partial charge in [0, 0.05) is 12.5 Å². The highest BCUT2D eigenvalue weighted by molar-refractivity contribution is 5.21.